The van der Waals surface area contributed by atoms with Gasteiger partial charge in [-0.3, -0.25) is 14.5 Å². The number of carbonyl (C=O) groups is 1. The largest absolute Gasteiger partial charge is 0.390 e. The second kappa shape index (κ2) is 8.72. The number of amides is 1. The number of anilines is 1. The number of carbonyl (C=O) groups excluding carboxylic acids is 1. The normalized spacial score (nSPS) is 17.4. The Hall–Kier alpha value is -3.46. The predicted molar refractivity (Wildman–Crippen MR) is 130 cm³/mol. The number of aliphatic hydroxyl groups excluding tert-OH is 1. The van der Waals surface area contributed by atoms with Crippen molar-refractivity contribution in [2.24, 2.45) is 0 Å². The first kappa shape index (κ1) is 22.3. The number of aliphatic hydroxyl groups is 1. The van der Waals surface area contributed by atoms with E-state index in [9.17, 15) is 18.3 Å². The number of nitrogens with one attached hydrogen (secondary N) is 2. The highest BCUT2D eigenvalue weighted by molar-refractivity contribution is 7.92. The van der Waals surface area contributed by atoms with Gasteiger partial charge in [0.15, 0.2) is 0 Å². The summed E-state index contributed by atoms with van der Waals surface area (Å²) in [7, 11) is -4.11. The molecule has 1 aliphatic carbocycles. The van der Waals surface area contributed by atoms with Gasteiger partial charge in [-0.05, 0) is 41.5 Å². The smallest absolute Gasteiger partial charge is 0.263 e. The Balaban J connectivity index is 1.44. The summed E-state index contributed by atoms with van der Waals surface area (Å²) in [5.41, 5.74) is 2.30. The summed E-state index contributed by atoms with van der Waals surface area (Å²) in [6.45, 7) is 0. The van der Waals surface area contributed by atoms with Gasteiger partial charge in [0.25, 0.3) is 15.9 Å². The standard InChI is InChI=1S/C25H20ClN3O4S/c26-20-9-8-16(25(31)28-24-19-6-2-1-4-15(19)12-22(24)30)13-23(20)34(32,33)29-21-7-3-5-17-14-27-11-10-18(17)21/h1-11,13-14,22,24,29-30H,12H2,(H,28,31). The van der Waals surface area contributed by atoms with E-state index in [-0.39, 0.29) is 15.5 Å². The quantitative estimate of drug-likeness (QED) is 0.388. The summed E-state index contributed by atoms with van der Waals surface area (Å²) in [5, 5.41) is 14.7. The molecule has 4 aromatic rings. The molecule has 34 heavy (non-hydrogen) atoms. The monoisotopic (exact) mass is 493 g/mol. The summed E-state index contributed by atoms with van der Waals surface area (Å²) in [6.07, 6.45) is 2.89. The predicted octanol–water partition coefficient (Wildman–Crippen LogP) is 4.08. The van der Waals surface area contributed by atoms with E-state index in [1.54, 1.807) is 30.6 Å². The molecule has 0 bridgehead atoms. The molecule has 1 aliphatic rings. The van der Waals surface area contributed by atoms with E-state index in [0.29, 0.717) is 17.5 Å². The van der Waals surface area contributed by atoms with Crippen LogP contribution < -0.4 is 10.0 Å². The van der Waals surface area contributed by atoms with Crippen molar-refractivity contribution in [3.8, 4) is 0 Å². The maximum Gasteiger partial charge on any atom is 0.263 e. The molecule has 172 valence electrons. The molecule has 2 unspecified atom stereocenters. The Kier molecular flexibility index (Phi) is 5.73. The first-order valence-corrected chi connectivity index (χ1v) is 12.4. The number of fused-ring (bicyclic) bond motifs is 2. The van der Waals surface area contributed by atoms with E-state index < -0.39 is 28.1 Å². The van der Waals surface area contributed by atoms with Crippen molar-refractivity contribution in [2.45, 2.75) is 23.5 Å². The number of sulfonamides is 1. The van der Waals surface area contributed by atoms with Gasteiger partial charge in [0, 0.05) is 35.2 Å². The minimum Gasteiger partial charge on any atom is -0.390 e. The number of hydrogen-bond acceptors (Lipinski definition) is 5. The van der Waals surface area contributed by atoms with Crippen LogP contribution >= 0.6 is 11.6 Å². The van der Waals surface area contributed by atoms with Crippen LogP contribution in [0, 0.1) is 0 Å². The van der Waals surface area contributed by atoms with Crippen LogP contribution in [0.5, 0.6) is 0 Å². The van der Waals surface area contributed by atoms with Crippen LogP contribution in [0.25, 0.3) is 10.8 Å². The zero-order valence-electron chi connectivity index (χ0n) is 17.8. The molecule has 0 saturated carbocycles. The van der Waals surface area contributed by atoms with Crippen molar-refractivity contribution in [3.63, 3.8) is 0 Å². The molecular formula is C25H20ClN3O4S. The molecule has 7 nitrogen and oxygen atoms in total. The fourth-order valence-corrected chi connectivity index (χ4v) is 5.84. The SMILES string of the molecule is O=C(NC1c2ccccc2CC1O)c1ccc(Cl)c(S(=O)(=O)Nc2cccc3cnccc23)c1. The Labute approximate surface area is 201 Å². The summed E-state index contributed by atoms with van der Waals surface area (Å²) in [5.74, 6) is -0.509. The minimum atomic E-state index is -4.11. The number of aromatic nitrogens is 1. The van der Waals surface area contributed by atoms with Gasteiger partial charge in [-0.1, -0.05) is 48.0 Å². The first-order valence-electron chi connectivity index (χ1n) is 10.6. The number of nitrogens with zero attached hydrogens (tertiary/aromatic N) is 1. The molecule has 9 heteroatoms. The van der Waals surface area contributed by atoms with Gasteiger partial charge in [0.1, 0.15) is 4.90 Å². The van der Waals surface area contributed by atoms with E-state index in [2.05, 4.69) is 15.0 Å². The average Bonchev–Trinajstić information content (AvgIpc) is 3.14. The molecule has 2 atom stereocenters. The molecule has 1 heterocycles. The van der Waals surface area contributed by atoms with Crippen molar-refractivity contribution >= 4 is 44.0 Å². The Morgan fingerprint density at radius 2 is 1.88 bits per heavy atom. The Morgan fingerprint density at radius 1 is 1.06 bits per heavy atom. The lowest BCUT2D eigenvalue weighted by Gasteiger charge is -2.18. The molecule has 0 spiro atoms. The Bertz CT molecular complexity index is 1520. The van der Waals surface area contributed by atoms with Gasteiger partial charge in [0.05, 0.1) is 22.9 Å². The molecular weight excluding hydrogens is 474 g/mol. The van der Waals surface area contributed by atoms with Crippen LogP contribution in [-0.4, -0.2) is 30.5 Å². The van der Waals surface area contributed by atoms with Crippen LogP contribution in [-0.2, 0) is 16.4 Å². The van der Waals surface area contributed by atoms with Crippen LogP contribution in [0.2, 0.25) is 5.02 Å². The lowest BCUT2D eigenvalue weighted by molar-refractivity contribution is 0.0858. The third-order valence-electron chi connectivity index (χ3n) is 5.90. The maximum atomic E-state index is 13.2. The fraction of sp³-hybridized carbons (Fsp3) is 0.120. The highest BCUT2D eigenvalue weighted by atomic mass is 35.5. The van der Waals surface area contributed by atoms with E-state index in [1.807, 2.05) is 30.3 Å². The lowest BCUT2D eigenvalue weighted by Crippen LogP contribution is -2.34. The van der Waals surface area contributed by atoms with E-state index >= 15 is 0 Å². The number of hydrogen-bond donors (Lipinski definition) is 3. The number of rotatable bonds is 5. The van der Waals surface area contributed by atoms with Crippen LogP contribution in [0.1, 0.15) is 27.5 Å². The number of benzene rings is 3. The fourth-order valence-electron chi connectivity index (χ4n) is 4.23. The summed E-state index contributed by atoms with van der Waals surface area (Å²) < 4.78 is 29.0. The highest BCUT2D eigenvalue weighted by Gasteiger charge is 2.32. The van der Waals surface area contributed by atoms with Gasteiger partial charge < -0.3 is 10.4 Å². The lowest BCUT2D eigenvalue weighted by atomic mass is 10.1. The molecule has 3 aromatic carbocycles. The molecule has 1 aromatic heterocycles. The van der Waals surface area contributed by atoms with Crippen LogP contribution in [0.4, 0.5) is 5.69 Å². The molecule has 0 radical (unpaired) electrons. The minimum absolute atomic E-state index is 0.0165. The second-order valence-electron chi connectivity index (χ2n) is 8.07. The van der Waals surface area contributed by atoms with E-state index in [1.165, 1.54) is 18.2 Å². The van der Waals surface area contributed by atoms with Gasteiger partial charge in [-0.15, -0.1) is 0 Å². The maximum absolute atomic E-state index is 13.2. The van der Waals surface area contributed by atoms with Crippen molar-refractivity contribution in [1.29, 1.82) is 0 Å². The third-order valence-corrected chi connectivity index (χ3v) is 7.75. The molecule has 0 aliphatic heterocycles. The number of pyridine rings is 1. The van der Waals surface area contributed by atoms with E-state index in [4.69, 9.17) is 11.6 Å². The molecule has 1 amide bonds. The zero-order valence-corrected chi connectivity index (χ0v) is 19.3. The van der Waals surface area contributed by atoms with E-state index in [0.717, 1.165) is 16.5 Å². The van der Waals surface area contributed by atoms with Crippen molar-refractivity contribution in [2.75, 3.05) is 4.72 Å². The van der Waals surface area contributed by atoms with Gasteiger partial charge in [-0.25, -0.2) is 8.42 Å². The summed E-state index contributed by atoms with van der Waals surface area (Å²) in [4.78, 5) is 16.8. The van der Waals surface area contributed by atoms with Crippen molar-refractivity contribution in [1.82, 2.24) is 10.3 Å². The Morgan fingerprint density at radius 3 is 2.74 bits per heavy atom. The molecule has 0 saturated heterocycles. The molecule has 0 fully saturated rings. The second-order valence-corrected chi connectivity index (χ2v) is 10.1. The van der Waals surface area contributed by atoms with Gasteiger partial charge in [0.2, 0.25) is 0 Å². The third kappa shape index (κ3) is 4.11. The van der Waals surface area contributed by atoms with Crippen LogP contribution in [0.3, 0.4) is 0 Å². The zero-order chi connectivity index (χ0) is 23.9. The van der Waals surface area contributed by atoms with Crippen molar-refractivity contribution < 1.29 is 18.3 Å². The number of halogens is 1. The first-order chi connectivity index (χ1) is 16.3. The topological polar surface area (TPSA) is 108 Å². The molecule has 5 rings (SSSR count). The summed E-state index contributed by atoms with van der Waals surface area (Å²) >= 11 is 6.23. The van der Waals surface area contributed by atoms with Gasteiger partial charge in [-0.2, -0.15) is 0 Å². The van der Waals surface area contributed by atoms with Gasteiger partial charge >= 0.3 is 0 Å². The van der Waals surface area contributed by atoms with Crippen molar-refractivity contribution in [3.05, 3.63) is 101 Å². The van der Waals surface area contributed by atoms with Crippen LogP contribution in [0.15, 0.2) is 84.0 Å². The highest BCUT2D eigenvalue weighted by Crippen LogP contribution is 2.32. The molecule has 3 N–H and O–H groups in total. The summed E-state index contributed by atoms with van der Waals surface area (Å²) in [6, 6.07) is 17.9. The average molecular weight is 494 g/mol.